The molecule has 9 N–H and O–H groups in total. The molecule has 10 heteroatoms. The molecule has 0 aliphatic rings. The van der Waals surface area contributed by atoms with Crippen LogP contribution in [0.2, 0.25) is 0 Å². The van der Waals surface area contributed by atoms with Crippen LogP contribution in [-0.2, 0) is 9.59 Å². The van der Waals surface area contributed by atoms with Crippen molar-refractivity contribution in [1.82, 2.24) is 0 Å². The molecule has 0 unspecified atom stereocenters. The fourth-order valence-electron chi connectivity index (χ4n) is 0.929. The number of aliphatic hydroxyl groups is 4. The first-order chi connectivity index (χ1) is 9.09. The molecule has 9 nitrogen and oxygen atoms in total. The minimum Gasteiger partial charge on any atom is -0.480 e. The second-order valence-corrected chi connectivity index (χ2v) is 4.55. The molecule has 0 aromatic rings. The van der Waals surface area contributed by atoms with Gasteiger partial charge in [-0.3, -0.25) is 4.79 Å². The number of nitrogens with two attached hydrogens (primary N) is 2. The van der Waals surface area contributed by atoms with Crippen molar-refractivity contribution in [2.24, 2.45) is 17.4 Å². The molecular weight excluding hydrogens is 308 g/mol. The van der Waals surface area contributed by atoms with Crippen LogP contribution in [0.25, 0.3) is 0 Å². The first-order valence-corrected chi connectivity index (χ1v) is 5.94. The van der Waals surface area contributed by atoms with Crippen molar-refractivity contribution in [2.75, 3.05) is 6.61 Å². The molecule has 0 heterocycles. The van der Waals surface area contributed by atoms with Crippen molar-refractivity contribution >= 4 is 24.7 Å². The predicted octanol–water partition coefficient (Wildman–Crippen LogP) is -2.94. The summed E-state index contributed by atoms with van der Waals surface area (Å²) in [7, 11) is 0. The quantitative estimate of drug-likeness (QED) is 0.239. The zero-order valence-electron chi connectivity index (χ0n) is 11.9. The van der Waals surface area contributed by atoms with Crippen LogP contribution in [0.15, 0.2) is 0 Å². The van der Waals surface area contributed by atoms with Gasteiger partial charge in [-0.2, -0.15) is 0 Å². The second-order valence-electron chi connectivity index (χ2n) is 4.55. The second kappa shape index (κ2) is 12.9. The molecule has 0 rings (SSSR count). The normalized spacial score (nSPS) is 17.4. The Bertz CT molecular complexity index is 294. The van der Waals surface area contributed by atoms with E-state index >= 15 is 0 Å². The van der Waals surface area contributed by atoms with Crippen LogP contribution in [-0.4, -0.2) is 74.8 Å². The van der Waals surface area contributed by atoms with Crippen molar-refractivity contribution < 1.29 is 35.1 Å². The molecule has 128 valence electrons. The highest BCUT2D eigenvalue weighted by Gasteiger charge is 2.28. The predicted molar refractivity (Wildman–Crippen MR) is 76.8 cm³/mol. The van der Waals surface area contributed by atoms with Crippen LogP contribution in [0.5, 0.6) is 0 Å². The van der Waals surface area contributed by atoms with Gasteiger partial charge in [0.05, 0.1) is 12.6 Å². The van der Waals surface area contributed by atoms with Gasteiger partial charge in [0, 0.05) is 0 Å². The molecular formula is C11H25ClN2O7. The SMILES string of the molecule is CC(C)[C@H](N)C(=O)O.Cl.N[C@@H](C=O)[C@@H](O)[C@@H](O)[C@H](O)CO. The lowest BCUT2D eigenvalue weighted by molar-refractivity contribution is -0.139. The molecule has 0 fully saturated rings. The van der Waals surface area contributed by atoms with Crippen molar-refractivity contribution in [3.05, 3.63) is 0 Å². The van der Waals surface area contributed by atoms with E-state index in [9.17, 15) is 9.59 Å². The standard InChI is InChI=1S/C6H13NO5.C5H11NO2.ClH/c7-3(1-8)5(11)6(12)4(10)2-9;1-3(2)4(6)5(7)8;/h1,3-6,9-12H,2,7H2;3-4H,6H2,1-2H3,(H,7,8);1H/t3-,4+,5+,6-;4-;/m00./s1. The highest BCUT2D eigenvalue weighted by Crippen LogP contribution is 2.01. The van der Waals surface area contributed by atoms with E-state index in [4.69, 9.17) is 37.0 Å². The first kappa shape index (κ1) is 25.2. The van der Waals surface area contributed by atoms with Crippen LogP contribution < -0.4 is 11.5 Å². The molecule has 0 bridgehead atoms. The average molecular weight is 333 g/mol. The molecule has 0 saturated heterocycles. The maximum atomic E-state index is 10.0. The summed E-state index contributed by atoms with van der Waals surface area (Å²) in [5.41, 5.74) is 10.2. The number of hydrogen-bond donors (Lipinski definition) is 7. The monoisotopic (exact) mass is 332 g/mol. The molecule has 0 aliphatic carbocycles. The van der Waals surface area contributed by atoms with Gasteiger partial charge in [0.25, 0.3) is 0 Å². The van der Waals surface area contributed by atoms with E-state index in [-0.39, 0.29) is 24.6 Å². The van der Waals surface area contributed by atoms with E-state index in [0.717, 1.165) is 0 Å². The van der Waals surface area contributed by atoms with Crippen molar-refractivity contribution in [3.63, 3.8) is 0 Å². The van der Waals surface area contributed by atoms with Gasteiger partial charge in [-0.15, -0.1) is 12.4 Å². The summed E-state index contributed by atoms with van der Waals surface area (Å²) >= 11 is 0. The van der Waals surface area contributed by atoms with Gasteiger partial charge in [-0.1, -0.05) is 13.8 Å². The van der Waals surface area contributed by atoms with Crippen LogP contribution in [0.1, 0.15) is 13.8 Å². The minimum atomic E-state index is -1.62. The number of carboxylic acids is 1. The van der Waals surface area contributed by atoms with Crippen molar-refractivity contribution in [3.8, 4) is 0 Å². The Labute approximate surface area is 129 Å². The summed E-state index contributed by atoms with van der Waals surface area (Å²) in [6.07, 6.45) is -4.43. The molecule has 21 heavy (non-hydrogen) atoms. The molecule has 0 aromatic carbocycles. The third-order valence-electron chi connectivity index (χ3n) is 2.49. The van der Waals surface area contributed by atoms with Gasteiger partial charge >= 0.3 is 5.97 Å². The molecule has 0 radical (unpaired) electrons. The highest BCUT2D eigenvalue weighted by atomic mass is 35.5. The summed E-state index contributed by atoms with van der Waals surface area (Å²) in [5.74, 6) is -0.910. The number of halogens is 1. The number of aliphatic carboxylic acids is 1. The largest absolute Gasteiger partial charge is 0.480 e. The van der Waals surface area contributed by atoms with Crippen LogP contribution in [0.3, 0.4) is 0 Å². The lowest BCUT2D eigenvalue weighted by Crippen LogP contribution is -2.49. The van der Waals surface area contributed by atoms with Gasteiger partial charge in [0.2, 0.25) is 0 Å². The van der Waals surface area contributed by atoms with Gasteiger partial charge in [-0.05, 0) is 5.92 Å². The fraction of sp³-hybridized carbons (Fsp3) is 0.818. The first-order valence-electron chi connectivity index (χ1n) is 5.94. The summed E-state index contributed by atoms with van der Waals surface area (Å²) in [6.45, 7) is 2.85. The Morgan fingerprint density at radius 3 is 1.76 bits per heavy atom. The Kier molecular flexibility index (Phi) is 15.5. The van der Waals surface area contributed by atoms with Crippen LogP contribution in [0, 0.1) is 5.92 Å². The van der Waals surface area contributed by atoms with Crippen molar-refractivity contribution in [1.29, 1.82) is 0 Å². The number of carbonyl (C=O) groups is 2. The molecule has 0 spiro atoms. The number of carboxylic acid groups (broad SMARTS) is 1. The summed E-state index contributed by atoms with van der Waals surface area (Å²) in [6, 6.07) is -1.98. The van der Waals surface area contributed by atoms with E-state index in [1.165, 1.54) is 0 Å². The number of rotatable bonds is 7. The highest BCUT2D eigenvalue weighted by molar-refractivity contribution is 5.85. The third kappa shape index (κ3) is 10.5. The smallest absolute Gasteiger partial charge is 0.320 e. The molecule has 0 aromatic heterocycles. The van der Waals surface area contributed by atoms with E-state index in [0.29, 0.717) is 0 Å². The van der Waals surface area contributed by atoms with Gasteiger partial charge < -0.3 is 41.8 Å². The van der Waals surface area contributed by atoms with E-state index in [1.807, 2.05) is 0 Å². The Hall–Kier alpha value is -0.810. The minimum absolute atomic E-state index is 0. The molecule has 5 atom stereocenters. The number of carbonyl (C=O) groups excluding carboxylic acids is 1. The van der Waals surface area contributed by atoms with Crippen molar-refractivity contribution in [2.45, 2.75) is 44.2 Å². The van der Waals surface area contributed by atoms with Gasteiger partial charge in [0.1, 0.15) is 30.6 Å². The molecule has 0 aliphatic heterocycles. The van der Waals surface area contributed by atoms with Gasteiger partial charge in [0.15, 0.2) is 0 Å². The van der Waals surface area contributed by atoms with Crippen LogP contribution >= 0.6 is 12.4 Å². The van der Waals surface area contributed by atoms with E-state index in [2.05, 4.69) is 0 Å². The number of aldehydes is 1. The molecule has 0 saturated carbocycles. The molecule has 0 amide bonds. The average Bonchev–Trinajstić information content (AvgIpc) is 2.43. The summed E-state index contributed by atoms with van der Waals surface area (Å²) < 4.78 is 0. The zero-order chi connectivity index (χ0) is 16.5. The maximum absolute atomic E-state index is 10.0. The fourth-order valence-corrected chi connectivity index (χ4v) is 0.929. The third-order valence-corrected chi connectivity index (χ3v) is 2.49. The lowest BCUT2D eigenvalue weighted by atomic mass is 10.0. The summed E-state index contributed by atoms with van der Waals surface area (Å²) in [4.78, 5) is 20.0. The van der Waals surface area contributed by atoms with E-state index in [1.54, 1.807) is 13.8 Å². The Morgan fingerprint density at radius 1 is 1.14 bits per heavy atom. The Balaban J connectivity index is -0.000000317. The van der Waals surface area contributed by atoms with Gasteiger partial charge in [-0.25, -0.2) is 0 Å². The van der Waals surface area contributed by atoms with E-state index < -0.39 is 43.0 Å². The number of hydrogen-bond acceptors (Lipinski definition) is 8. The lowest BCUT2D eigenvalue weighted by Gasteiger charge is -2.23. The maximum Gasteiger partial charge on any atom is 0.320 e. The zero-order valence-corrected chi connectivity index (χ0v) is 12.7. The number of aliphatic hydroxyl groups excluding tert-OH is 4. The topological polar surface area (TPSA) is 187 Å². The Morgan fingerprint density at radius 2 is 1.57 bits per heavy atom. The summed E-state index contributed by atoms with van der Waals surface area (Å²) in [5, 5.41) is 43.4. The van der Waals surface area contributed by atoms with Crippen LogP contribution in [0.4, 0.5) is 0 Å².